The van der Waals surface area contributed by atoms with Gasteiger partial charge in [-0.15, -0.1) is 0 Å². The van der Waals surface area contributed by atoms with E-state index in [2.05, 4.69) is 41.3 Å². The van der Waals surface area contributed by atoms with Crippen LogP contribution in [0.5, 0.6) is 23.0 Å². The summed E-state index contributed by atoms with van der Waals surface area (Å²) in [6.45, 7) is 11.2. The number of urea groups is 1. The highest BCUT2D eigenvalue weighted by molar-refractivity contribution is 5.89. The molecule has 1 fully saturated rings. The second kappa shape index (κ2) is 13.5. The molecule has 0 unspecified atom stereocenters. The lowest BCUT2D eigenvalue weighted by Crippen LogP contribution is -2.31. The van der Waals surface area contributed by atoms with Crippen molar-refractivity contribution in [2.45, 2.75) is 52.9 Å². The number of benzene rings is 2. The number of rotatable bonds is 11. The number of likely N-dealkylation sites (tertiary alicyclic amines) is 1. The summed E-state index contributed by atoms with van der Waals surface area (Å²) >= 11 is 0. The number of piperidine rings is 1. The van der Waals surface area contributed by atoms with Gasteiger partial charge in [0, 0.05) is 36.4 Å². The lowest BCUT2D eigenvalue weighted by atomic mass is 9.92. The summed E-state index contributed by atoms with van der Waals surface area (Å²) in [5.41, 5.74) is 1.64. The number of carbonyl (C=O) groups excluding carboxylic acids is 1. The maximum atomic E-state index is 12.2. The Morgan fingerprint density at radius 1 is 1.00 bits per heavy atom. The van der Waals surface area contributed by atoms with Crippen LogP contribution in [0.4, 0.5) is 10.5 Å². The second-order valence-corrected chi connectivity index (χ2v) is 11.3. The number of pyridine rings is 1. The van der Waals surface area contributed by atoms with E-state index in [0.717, 1.165) is 30.3 Å². The summed E-state index contributed by atoms with van der Waals surface area (Å²) in [7, 11) is 1.64. The number of anilines is 1. The third-order valence-electron chi connectivity index (χ3n) is 6.81. The Labute approximate surface area is 232 Å². The minimum absolute atomic E-state index is 0.175. The van der Waals surface area contributed by atoms with Crippen molar-refractivity contribution in [3.05, 3.63) is 48.7 Å². The van der Waals surface area contributed by atoms with E-state index in [1.807, 2.05) is 42.5 Å². The first-order chi connectivity index (χ1) is 18.8. The number of aromatic nitrogens is 1. The third kappa shape index (κ3) is 8.75. The fourth-order valence-electron chi connectivity index (χ4n) is 4.60. The molecule has 0 spiro atoms. The molecule has 2 amide bonds. The predicted molar refractivity (Wildman–Crippen MR) is 156 cm³/mol. The van der Waals surface area contributed by atoms with Crippen LogP contribution in [0.25, 0.3) is 10.9 Å². The average Bonchev–Trinajstić information content (AvgIpc) is 2.92. The SMILES string of the molecule is COc1cc2c(Oc3ccc(NC(=O)NCCC(C)(C)C)cc3)ccnc2cc1OCCCN1CCCCC1. The van der Waals surface area contributed by atoms with Gasteiger partial charge >= 0.3 is 6.03 Å². The van der Waals surface area contributed by atoms with E-state index in [0.29, 0.717) is 41.8 Å². The van der Waals surface area contributed by atoms with Crippen LogP contribution in [0.2, 0.25) is 0 Å². The average molecular weight is 535 g/mol. The predicted octanol–water partition coefficient (Wildman–Crippen LogP) is 6.85. The molecule has 210 valence electrons. The Kier molecular flexibility index (Phi) is 9.87. The van der Waals surface area contributed by atoms with Crippen molar-refractivity contribution in [3.8, 4) is 23.0 Å². The molecule has 39 heavy (non-hydrogen) atoms. The number of hydrogen-bond donors (Lipinski definition) is 2. The molecule has 0 aliphatic carbocycles. The zero-order valence-corrected chi connectivity index (χ0v) is 23.7. The Morgan fingerprint density at radius 2 is 1.77 bits per heavy atom. The van der Waals surface area contributed by atoms with Crippen LogP contribution in [0, 0.1) is 5.41 Å². The smallest absolute Gasteiger partial charge is 0.319 e. The standard InChI is InChI=1S/C31H42N4O4/c1-31(2,3)14-16-33-30(36)34-23-9-11-24(12-10-23)39-27-13-15-32-26-22-29(28(37-4)21-25(26)27)38-20-8-19-35-17-6-5-7-18-35/h9-13,15,21-22H,5-8,14,16-20H2,1-4H3,(H2,33,34,36). The fourth-order valence-corrected chi connectivity index (χ4v) is 4.60. The molecular weight excluding hydrogens is 492 g/mol. The summed E-state index contributed by atoms with van der Waals surface area (Å²) < 4.78 is 17.9. The number of fused-ring (bicyclic) bond motifs is 1. The van der Waals surface area contributed by atoms with E-state index in [4.69, 9.17) is 14.2 Å². The van der Waals surface area contributed by atoms with Crippen LogP contribution in [-0.4, -0.2) is 55.8 Å². The quantitative estimate of drug-likeness (QED) is 0.262. The van der Waals surface area contributed by atoms with Gasteiger partial charge in [0.1, 0.15) is 11.5 Å². The Balaban J connectivity index is 1.36. The van der Waals surface area contributed by atoms with E-state index >= 15 is 0 Å². The first-order valence-electron chi connectivity index (χ1n) is 14.0. The van der Waals surface area contributed by atoms with E-state index < -0.39 is 0 Å². The minimum atomic E-state index is -0.218. The highest BCUT2D eigenvalue weighted by Crippen LogP contribution is 2.37. The maximum Gasteiger partial charge on any atom is 0.319 e. The highest BCUT2D eigenvalue weighted by Gasteiger charge is 2.14. The summed E-state index contributed by atoms with van der Waals surface area (Å²) in [6, 6.07) is 12.7. The largest absolute Gasteiger partial charge is 0.493 e. The van der Waals surface area contributed by atoms with Crippen LogP contribution in [0.1, 0.15) is 52.9 Å². The van der Waals surface area contributed by atoms with Gasteiger partial charge in [0.25, 0.3) is 0 Å². The van der Waals surface area contributed by atoms with Crippen LogP contribution in [0.15, 0.2) is 48.7 Å². The second-order valence-electron chi connectivity index (χ2n) is 11.3. The lowest BCUT2D eigenvalue weighted by Gasteiger charge is -2.26. The topological polar surface area (TPSA) is 85.0 Å². The molecule has 1 aromatic heterocycles. The molecule has 2 N–H and O–H groups in total. The molecule has 0 bridgehead atoms. The fraction of sp³-hybridized carbons (Fsp3) is 0.484. The highest BCUT2D eigenvalue weighted by atomic mass is 16.5. The van der Waals surface area contributed by atoms with Gasteiger partial charge in [0.15, 0.2) is 11.5 Å². The van der Waals surface area contributed by atoms with Gasteiger partial charge in [-0.1, -0.05) is 27.2 Å². The zero-order valence-electron chi connectivity index (χ0n) is 23.7. The molecule has 0 atom stereocenters. The van der Waals surface area contributed by atoms with Crippen molar-refractivity contribution in [1.82, 2.24) is 15.2 Å². The molecule has 1 saturated heterocycles. The van der Waals surface area contributed by atoms with Crippen molar-refractivity contribution in [3.63, 3.8) is 0 Å². The number of hydrogen-bond acceptors (Lipinski definition) is 6. The Morgan fingerprint density at radius 3 is 2.49 bits per heavy atom. The number of carbonyl (C=O) groups is 1. The molecule has 3 aromatic rings. The molecule has 8 heteroatoms. The molecule has 1 aliphatic rings. The first-order valence-corrected chi connectivity index (χ1v) is 14.0. The van der Waals surface area contributed by atoms with Crippen LogP contribution in [0.3, 0.4) is 0 Å². The summed E-state index contributed by atoms with van der Waals surface area (Å²) in [5.74, 6) is 2.65. The van der Waals surface area contributed by atoms with Gasteiger partial charge < -0.3 is 29.7 Å². The number of ether oxygens (including phenoxy) is 3. The summed E-state index contributed by atoms with van der Waals surface area (Å²) in [6.07, 6.45) is 7.55. The molecule has 2 heterocycles. The third-order valence-corrected chi connectivity index (χ3v) is 6.81. The monoisotopic (exact) mass is 534 g/mol. The van der Waals surface area contributed by atoms with E-state index in [9.17, 15) is 4.79 Å². The molecule has 0 radical (unpaired) electrons. The van der Waals surface area contributed by atoms with Crippen molar-refractivity contribution < 1.29 is 19.0 Å². The molecule has 4 rings (SSSR count). The van der Waals surface area contributed by atoms with Crippen molar-refractivity contribution in [1.29, 1.82) is 0 Å². The van der Waals surface area contributed by atoms with Crippen molar-refractivity contribution >= 4 is 22.6 Å². The first kappa shape index (κ1) is 28.5. The molecular formula is C31H42N4O4. The van der Waals surface area contributed by atoms with Gasteiger partial charge in [-0.3, -0.25) is 4.98 Å². The number of nitrogens with zero attached hydrogens (tertiary/aromatic N) is 2. The molecule has 0 saturated carbocycles. The van der Waals surface area contributed by atoms with Crippen LogP contribution >= 0.6 is 0 Å². The van der Waals surface area contributed by atoms with E-state index in [1.165, 1.54) is 32.4 Å². The van der Waals surface area contributed by atoms with Gasteiger partial charge in [-0.05, 0) is 80.6 Å². The summed E-state index contributed by atoms with van der Waals surface area (Å²) in [5, 5.41) is 6.59. The lowest BCUT2D eigenvalue weighted by molar-refractivity contribution is 0.203. The van der Waals surface area contributed by atoms with Crippen molar-refractivity contribution in [2.24, 2.45) is 5.41 Å². The normalized spacial score (nSPS) is 14.2. The summed E-state index contributed by atoms with van der Waals surface area (Å²) in [4.78, 5) is 19.2. The van der Waals surface area contributed by atoms with Crippen molar-refractivity contribution in [2.75, 3.05) is 45.2 Å². The Bertz CT molecular complexity index is 1220. The van der Waals surface area contributed by atoms with Gasteiger partial charge in [0.2, 0.25) is 0 Å². The zero-order chi connectivity index (χ0) is 27.7. The molecule has 1 aliphatic heterocycles. The molecule has 8 nitrogen and oxygen atoms in total. The van der Waals surface area contributed by atoms with Crippen LogP contribution < -0.4 is 24.8 Å². The van der Waals surface area contributed by atoms with Crippen LogP contribution in [-0.2, 0) is 0 Å². The van der Waals surface area contributed by atoms with Gasteiger partial charge in [0.05, 0.1) is 19.2 Å². The number of amides is 2. The van der Waals surface area contributed by atoms with E-state index in [-0.39, 0.29) is 11.4 Å². The molecule has 2 aromatic carbocycles. The number of nitrogens with one attached hydrogen (secondary N) is 2. The maximum absolute atomic E-state index is 12.2. The number of methoxy groups -OCH3 is 1. The van der Waals surface area contributed by atoms with E-state index in [1.54, 1.807) is 13.3 Å². The Hall–Kier alpha value is -3.52. The minimum Gasteiger partial charge on any atom is -0.493 e. The van der Waals surface area contributed by atoms with Gasteiger partial charge in [-0.25, -0.2) is 4.79 Å². The van der Waals surface area contributed by atoms with Gasteiger partial charge in [-0.2, -0.15) is 0 Å².